The fraction of sp³-hybridized carbons (Fsp3) is 0.538. The van der Waals surface area contributed by atoms with E-state index in [-0.39, 0.29) is 0 Å². The van der Waals surface area contributed by atoms with Gasteiger partial charge in [0.1, 0.15) is 0 Å². The van der Waals surface area contributed by atoms with Gasteiger partial charge in [-0.3, -0.25) is 0 Å². The van der Waals surface area contributed by atoms with E-state index < -0.39 is 0 Å². The molecule has 0 bridgehead atoms. The number of halogens is 1. The summed E-state index contributed by atoms with van der Waals surface area (Å²) in [5, 5.41) is 4.98. The van der Waals surface area contributed by atoms with Crippen molar-refractivity contribution in [3.05, 3.63) is 33.8 Å². The number of aryl methyl sites for hydroxylation is 2. The van der Waals surface area contributed by atoms with Gasteiger partial charge in [-0.2, -0.15) is 11.8 Å². The van der Waals surface area contributed by atoms with Crippen molar-refractivity contribution in [2.75, 3.05) is 12.8 Å². The quantitative estimate of drug-likeness (QED) is 0.861. The molecule has 0 radical (unpaired) electrons. The van der Waals surface area contributed by atoms with Crippen molar-refractivity contribution in [3.63, 3.8) is 0 Å². The van der Waals surface area contributed by atoms with E-state index in [0.717, 1.165) is 18.1 Å². The lowest BCUT2D eigenvalue weighted by atomic mass is 10.0. The zero-order chi connectivity index (χ0) is 12.1. The summed E-state index contributed by atoms with van der Waals surface area (Å²) in [5.41, 5.74) is 3.92. The Hall–Kier alpha value is -0.180. The first-order chi connectivity index (χ1) is 7.54. The van der Waals surface area contributed by atoms with Gasteiger partial charge in [-0.25, -0.2) is 0 Å². The van der Waals surface area contributed by atoms with Gasteiger partial charge in [0.15, 0.2) is 0 Å². The van der Waals surface area contributed by atoms with Crippen molar-refractivity contribution in [3.8, 4) is 0 Å². The molecule has 3 heteroatoms. The fourth-order valence-electron chi connectivity index (χ4n) is 1.70. The lowest BCUT2D eigenvalue weighted by Crippen LogP contribution is -2.22. The van der Waals surface area contributed by atoms with E-state index in [1.807, 2.05) is 23.9 Å². The molecule has 1 rings (SSSR count). The standard InChI is InChI=1S/C13H20ClNS/c1-9-5-12(14)6-10(2)13(9)8-15-7-11(3)16-4/h5-6,11,15H,7-8H2,1-4H3. The third-order valence-electron chi connectivity index (χ3n) is 2.80. The van der Waals surface area contributed by atoms with Crippen LogP contribution in [-0.4, -0.2) is 18.1 Å². The zero-order valence-corrected chi connectivity index (χ0v) is 12.0. The molecule has 1 atom stereocenters. The molecule has 1 aromatic carbocycles. The molecule has 90 valence electrons. The maximum Gasteiger partial charge on any atom is 0.0411 e. The Balaban J connectivity index is 2.60. The van der Waals surface area contributed by atoms with E-state index in [1.54, 1.807) is 0 Å². The first kappa shape index (κ1) is 13.9. The summed E-state index contributed by atoms with van der Waals surface area (Å²) in [6, 6.07) is 4.06. The third kappa shape index (κ3) is 4.00. The zero-order valence-electron chi connectivity index (χ0n) is 10.4. The molecule has 0 heterocycles. The topological polar surface area (TPSA) is 12.0 Å². The lowest BCUT2D eigenvalue weighted by molar-refractivity contribution is 0.680. The van der Waals surface area contributed by atoms with Gasteiger partial charge >= 0.3 is 0 Å². The second-order valence-electron chi connectivity index (χ2n) is 4.20. The van der Waals surface area contributed by atoms with Crippen molar-refractivity contribution in [2.45, 2.75) is 32.6 Å². The first-order valence-corrected chi connectivity index (χ1v) is 7.20. The highest BCUT2D eigenvalue weighted by Crippen LogP contribution is 2.19. The van der Waals surface area contributed by atoms with Gasteiger partial charge in [-0.05, 0) is 48.9 Å². The number of hydrogen-bond donors (Lipinski definition) is 1. The van der Waals surface area contributed by atoms with Crippen LogP contribution in [0.4, 0.5) is 0 Å². The van der Waals surface area contributed by atoms with Crippen LogP contribution in [0.3, 0.4) is 0 Å². The Bertz CT molecular complexity index is 329. The SMILES string of the molecule is CSC(C)CNCc1c(C)cc(Cl)cc1C. The normalized spacial score (nSPS) is 12.8. The first-order valence-electron chi connectivity index (χ1n) is 5.53. The van der Waals surface area contributed by atoms with Crippen LogP contribution in [0.5, 0.6) is 0 Å². The minimum Gasteiger partial charge on any atom is -0.312 e. The van der Waals surface area contributed by atoms with Gasteiger partial charge in [0.05, 0.1) is 0 Å². The Morgan fingerprint density at radius 2 is 1.88 bits per heavy atom. The largest absolute Gasteiger partial charge is 0.312 e. The van der Waals surface area contributed by atoms with Crippen LogP contribution in [0.25, 0.3) is 0 Å². The van der Waals surface area contributed by atoms with E-state index in [9.17, 15) is 0 Å². The molecule has 0 fully saturated rings. The van der Waals surface area contributed by atoms with Crippen molar-refractivity contribution in [1.29, 1.82) is 0 Å². The highest BCUT2D eigenvalue weighted by atomic mass is 35.5. The number of rotatable bonds is 5. The van der Waals surface area contributed by atoms with E-state index in [2.05, 4.69) is 32.3 Å². The predicted molar refractivity (Wildman–Crippen MR) is 75.6 cm³/mol. The Kier molecular flexibility index (Phi) is 5.67. The summed E-state index contributed by atoms with van der Waals surface area (Å²) >= 11 is 7.89. The van der Waals surface area contributed by atoms with Crippen LogP contribution >= 0.6 is 23.4 Å². The van der Waals surface area contributed by atoms with Gasteiger partial charge < -0.3 is 5.32 Å². The van der Waals surface area contributed by atoms with Gasteiger partial charge in [-0.1, -0.05) is 18.5 Å². The molecule has 0 amide bonds. The molecule has 1 N–H and O–H groups in total. The fourth-order valence-corrected chi connectivity index (χ4v) is 2.32. The Labute approximate surface area is 108 Å². The summed E-state index contributed by atoms with van der Waals surface area (Å²) in [5.74, 6) is 0. The minimum absolute atomic E-state index is 0.660. The molecule has 0 aliphatic heterocycles. The van der Waals surface area contributed by atoms with Gasteiger partial charge in [0.25, 0.3) is 0 Å². The lowest BCUT2D eigenvalue weighted by Gasteiger charge is -2.14. The summed E-state index contributed by atoms with van der Waals surface area (Å²) < 4.78 is 0. The molecule has 0 saturated heterocycles. The van der Waals surface area contributed by atoms with E-state index in [1.165, 1.54) is 16.7 Å². The van der Waals surface area contributed by atoms with E-state index in [4.69, 9.17) is 11.6 Å². The van der Waals surface area contributed by atoms with Gasteiger partial charge in [0, 0.05) is 23.4 Å². The van der Waals surface area contributed by atoms with Gasteiger partial charge in [-0.15, -0.1) is 0 Å². The molecule has 0 saturated carbocycles. The average molecular weight is 258 g/mol. The summed E-state index contributed by atoms with van der Waals surface area (Å²) in [6.45, 7) is 8.45. The molecular formula is C13H20ClNS. The molecule has 0 aromatic heterocycles. The molecule has 0 aliphatic carbocycles. The van der Waals surface area contributed by atoms with Crippen LogP contribution in [0, 0.1) is 13.8 Å². The second kappa shape index (κ2) is 6.53. The van der Waals surface area contributed by atoms with Crippen LogP contribution < -0.4 is 5.32 Å². The average Bonchev–Trinajstić information content (AvgIpc) is 2.21. The molecule has 16 heavy (non-hydrogen) atoms. The van der Waals surface area contributed by atoms with Crippen LogP contribution in [0.15, 0.2) is 12.1 Å². The van der Waals surface area contributed by atoms with Crippen molar-refractivity contribution in [2.24, 2.45) is 0 Å². The smallest absolute Gasteiger partial charge is 0.0411 e. The maximum absolute atomic E-state index is 6.01. The number of benzene rings is 1. The predicted octanol–water partition coefficient (Wildman–Crippen LogP) is 3.80. The van der Waals surface area contributed by atoms with E-state index >= 15 is 0 Å². The summed E-state index contributed by atoms with van der Waals surface area (Å²) in [7, 11) is 0. The Morgan fingerprint density at radius 1 is 1.31 bits per heavy atom. The second-order valence-corrected chi connectivity index (χ2v) is 5.91. The Morgan fingerprint density at radius 3 is 2.38 bits per heavy atom. The van der Waals surface area contributed by atoms with Crippen molar-refractivity contribution < 1.29 is 0 Å². The molecule has 1 aromatic rings. The van der Waals surface area contributed by atoms with Crippen LogP contribution in [-0.2, 0) is 6.54 Å². The maximum atomic E-state index is 6.01. The highest BCUT2D eigenvalue weighted by Gasteiger charge is 2.05. The molecule has 1 nitrogen and oxygen atoms in total. The van der Waals surface area contributed by atoms with Crippen LogP contribution in [0.2, 0.25) is 5.02 Å². The molecule has 0 aliphatic rings. The van der Waals surface area contributed by atoms with Crippen molar-refractivity contribution in [1.82, 2.24) is 5.32 Å². The van der Waals surface area contributed by atoms with Crippen molar-refractivity contribution >= 4 is 23.4 Å². The molecular weight excluding hydrogens is 238 g/mol. The highest BCUT2D eigenvalue weighted by molar-refractivity contribution is 7.99. The number of hydrogen-bond acceptors (Lipinski definition) is 2. The van der Waals surface area contributed by atoms with Gasteiger partial charge in [0.2, 0.25) is 0 Å². The third-order valence-corrected chi connectivity index (χ3v) is 3.99. The summed E-state index contributed by atoms with van der Waals surface area (Å²) in [4.78, 5) is 0. The number of thioether (sulfide) groups is 1. The summed E-state index contributed by atoms with van der Waals surface area (Å²) in [6.07, 6.45) is 2.14. The van der Waals surface area contributed by atoms with Crippen LogP contribution in [0.1, 0.15) is 23.6 Å². The monoisotopic (exact) mass is 257 g/mol. The molecule has 1 unspecified atom stereocenters. The number of nitrogens with one attached hydrogen (secondary N) is 1. The minimum atomic E-state index is 0.660. The van der Waals surface area contributed by atoms with E-state index in [0.29, 0.717) is 5.25 Å². The molecule has 0 spiro atoms.